The van der Waals surface area contributed by atoms with Crippen LogP contribution < -0.4 is 10.6 Å². The molecule has 186 valence electrons. The van der Waals surface area contributed by atoms with E-state index in [1.165, 1.54) is 10.9 Å². The van der Waals surface area contributed by atoms with Crippen LogP contribution in [-0.4, -0.2) is 70.5 Å². The number of nitrogens with zero attached hydrogens (tertiary/aromatic N) is 6. The van der Waals surface area contributed by atoms with Crippen LogP contribution in [0.25, 0.3) is 22.6 Å². The molecule has 4 aromatic rings. The van der Waals surface area contributed by atoms with Gasteiger partial charge in [0.2, 0.25) is 0 Å². The molecule has 0 bridgehead atoms. The van der Waals surface area contributed by atoms with Crippen LogP contribution in [0.2, 0.25) is 0 Å². The number of carbonyl (C=O) groups is 1. The number of aryl methyl sites for hydroxylation is 1. The minimum absolute atomic E-state index is 0.358. The van der Waals surface area contributed by atoms with Crippen LogP contribution in [0.4, 0.5) is 5.82 Å². The Kier molecular flexibility index (Phi) is 6.55. The van der Waals surface area contributed by atoms with Crippen LogP contribution in [0.15, 0.2) is 49.2 Å². The molecular formula is C24H26N8O4. The summed E-state index contributed by atoms with van der Waals surface area (Å²) in [4.78, 5) is 34.7. The molecule has 1 fully saturated rings. The topological polar surface area (TPSA) is 160 Å². The quantitative estimate of drug-likeness (QED) is 0.294. The van der Waals surface area contributed by atoms with E-state index in [0.717, 1.165) is 11.3 Å². The number of fused-ring (bicyclic) bond motifs is 1. The summed E-state index contributed by atoms with van der Waals surface area (Å²) >= 11 is 0. The fraction of sp³-hybridized carbons (Fsp3) is 0.333. The summed E-state index contributed by atoms with van der Waals surface area (Å²) in [6.45, 7) is 4.51. The molecule has 1 aliphatic heterocycles. The van der Waals surface area contributed by atoms with E-state index in [9.17, 15) is 15.0 Å². The minimum atomic E-state index is -1.41. The predicted octanol–water partition coefficient (Wildman–Crippen LogP) is 0.959. The van der Waals surface area contributed by atoms with E-state index in [-0.39, 0.29) is 0 Å². The van der Waals surface area contributed by atoms with Gasteiger partial charge in [0, 0.05) is 30.7 Å². The number of aromatic nitrogens is 6. The van der Waals surface area contributed by atoms with Gasteiger partial charge in [-0.2, -0.15) is 0 Å². The second-order valence-electron chi connectivity index (χ2n) is 8.46. The van der Waals surface area contributed by atoms with Crippen molar-refractivity contribution < 1.29 is 19.7 Å². The van der Waals surface area contributed by atoms with Gasteiger partial charge in [-0.1, -0.05) is 0 Å². The van der Waals surface area contributed by atoms with Crippen LogP contribution in [-0.2, 0) is 16.1 Å². The molecule has 4 atom stereocenters. The second kappa shape index (κ2) is 9.93. The third-order valence-electron chi connectivity index (χ3n) is 5.87. The first-order valence-electron chi connectivity index (χ1n) is 11.6. The van der Waals surface area contributed by atoms with Crippen LogP contribution in [0.1, 0.15) is 24.4 Å². The zero-order chi connectivity index (χ0) is 25.2. The average molecular weight is 491 g/mol. The second-order valence-corrected chi connectivity index (χ2v) is 8.46. The Bertz CT molecular complexity index is 1380. The molecule has 0 saturated carbocycles. The van der Waals surface area contributed by atoms with Crippen LogP contribution in [0.3, 0.4) is 0 Å². The lowest BCUT2D eigenvalue weighted by Gasteiger charge is -2.17. The highest BCUT2D eigenvalue weighted by molar-refractivity contribution is 5.85. The predicted molar refractivity (Wildman–Crippen MR) is 129 cm³/mol. The largest absolute Gasteiger partial charge is 0.387 e. The summed E-state index contributed by atoms with van der Waals surface area (Å²) in [7, 11) is 0. The maximum absolute atomic E-state index is 12.3. The monoisotopic (exact) mass is 490 g/mol. The third-order valence-corrected chi connectivity index (χ3v) is 5.87. The number of likely N-dealkylation sites (N-methyl/N-ethyl adjacent to an activating group) is 1. The Morgan fingerprint density at radius 2 is 2.03 bits per heavy atom. The fourth-order valence-electron chi connectivity index (χ4n) is 4.10. The molecule has 1 aliphatic rings. The first kappa shape index (κ1) is 23.7. The standard InChI is InChI=1S/C24H26N8O4/c1-3-26-23(35)19-17(33)18(34)24(36-19)32-12-29-16-21(28-11-15-9-13(2)6-8-27-15)30-20(31-22(16)32)14-5-4-7-25-10-14/h4-10,12,17-19,24,33-34H,3,11H2,1-2H3,(H,26,35)(H,28,30,31)/t17-,18+,19-,24+/m0/s1. The van der Waals surface area contributed by atoms with Crippen molar-refractivity contribution >= 4 is 22.9 Å². The highest BCUT2D eigenvalue weighted by Gasteiger charge is 2.47. The fourth-order valence-corrected chi connectivity index (χ4v) is 4.10. The average Bonchev–Trinajstić information content (AvgIpc) is 3.44. The molecule has 1 amide bonds. The van der Waals surface area contributed by atoms with Crippen LogP contribution >= 0.6 is 0 Å². The van der Waals surface area contributed by atoms with Gasteiger partial charge in [0.25, 0.3) is 5.91 Å². The summed E-state index contributed by atoms with van der Waals surface area (Å²) in [6, 6.07) is 7.50. The van der Waals surface area contributed by atoms with Crippen molar-refractivity contribution in [3.8, 4) is 11.4 Å². The van der Waals surface area contributed by atoms with Gasteiger partial charge in [-0.15, -0.1) is 0 Å². The molecule has 12 heteroatoms. The maximum atomic E-state index is 12.3. The Hall–Kier alpha value is -4.00. The van der Waals surface area contributed by atoms with E-state index >= 15 is 0 Å². The van der Waals surface area contributed by atoms with Crippen molar-refractivity contribution in [3.63, 3.8) is 0 Å². The van der Waals surface area contributed by atoms with Gasteiger partial charge in [0.1, 0.15) is 12.2 Å². The number of hydrogen-bond donors (Lipinski definition) is 4. The molecule has 4 N–H and O–H groups in total. The lowest BCUT2D eigenvalue weighted by Crippen LogP contribution is -2.42. The lowest BCUT2D eigenvalue weighted by atomic mass is 10.1. The number of amides is 1. The summed E-state index contributed by atoms with van der Waals surface area (Å²) in [5, 5.41) is 27.1. The number of imidazole rings is 1. The summed E-state index contributed by atoms with van der Waals surface area (Å²) in [6.07, 6.45) is 1.39. The van der Waals surface area contributed by atoms with E-state index in [2.05, 4.69) is 35.6 Å². The normalized spacial score (nSPS) is 21.6. The zero-order valence-electron chi connectivity index (χ0n) is 19.7. The third kappa shape index (κ3) is 4.49. The molecule has 5 rings (SSSR count). The number of nitrogens with one attached hydrogen (secondary N) is 2. The van der Waals surface area contributed by atoms with Crippen molar-refractivity contribution in [2.24, 2.45) is 0 Å². The number of pyridine rings is 2. The van der Waals surface area contributed by atoms with Gasteiger partial charge in [-0.25, -0.2) is 15.0 Å². The number of anilines is 1. The molecule has 12 nitrogen and oxygen atoms in total. The van der Waals surface area contributed by atoms with E-state index in [1.54, 1.807) is 31.6 Å². The summed E-state index contributed by atoms with van der Waals surface area (Å²) < 4.78 is 7.29. The molecule has 5 heterocycles. The van der Waals surface area contributed by atoms with Crippen molar-refractivity contribution in [2.75, 3.05) is 11.9 Å². The number of carbonyl (C=O) groups excluding carboxylic acids is 1. The molecule has 0 aliphatic carbocycles. The first-order chi connectivity index (χ1) is 17.5. The van der Waals surface area contributed by atoms with E-state index in [0.29, 0.717) is 41.5 Å². The van der Waals surface area contributed by atoms with Gasteiger partial charge >= 0.3 is 0 Å². The van der Waals surface area contributed by atoms with Gasteiger partial charge in [0.05, 0.1) is 18.6 Å². The van der Waals surface area contributed by atoms with Gasteiger partial charge < -0.3 is 25.6 Å². The van der Waals surface area contributed by atoms with Gasteiger partial charge in [-0.05, 0) is 43.7 Å². The molecule has 36 heavy (non-hydrogen) atoms. The van der Waals surface area contributed by atoms with Crippen molar-refractivity contribution in [3.05, 3.63) is 60.4 Å². The van der Waals surface area contributed by atoms with Gasteiger partial charge in [0.15, 0.2) is 35.1 Å². The Labute approximate surface area is 206 Å². The smallest absolute Gasteiger partial charge is 0.252 e. The van der Waals surface area contributed by atoms with Gasteiger partial charge in [-0.3, -0.25) is 19.3 Å². The summed E-state index contributed by atoms with van der Waals surface area (Å²) in [5.74, 6) is 0.328. The maximum Gasteiger partial charge on any atom is 0.252 e. The SMILES string of the molecule is CCNC(=O)[C@H]1O[C@@H](n2cnc3c(NCc4cc(C)ccn4)nc(-c4cccnc4)nc32)[C@H](O)[C@@H]1O. The molecule has 0 aromatic carbocycles. The van der Waals surface area contributed by atoms with Crippen molar-refractivity contribution in [1.82, 2.24) is 34.8 Å². The van der Waals surface area contributed by atoms with E-state index in [1.807, 2.05) is 25.1 Å². The minimum Gasteiger partial charge on any atom is -0.387 e. The zero-order valence-corrected chi connectivity index (χ0v) is 19.7. The molecule has 0 unspecified atom stereocenters. The number of hydrogen-bond acceptors (Lipinski definition) is 10. The highest BCUT2D eigenvalue weighted by Crippen LogP contribution is 2.33. The molecule has 1 saturated heterocycles. The molecular weight excluding hydrogens is 464 g/mol. The van der Waals surface area contributed by atoms with E-state index < -0.39 is 30.4 Å². The Morgan fingerprint density at radius 1 is 1.17 bits per heavy atom. The molecule has 4 aromatic heterocycles. The molecule has 0 spiro atoms. The number of ether oxygens (including phenoxy) is 1. The van der Waals surface area contributed by atoms with Crippen molar-refractivity contribution in [2.45, 2.75) is 44.9 Å². The van der Waals surface area contributed by atoms with E-state index in [4.69, 9.17) is 4.74 Å². The number of rotatable bonds is 7. The lowest BCUT2D eigenvalue weighted by molar-refractivity contribution is -0.137. The van der Waals surface area contributed by atoms with Crippen LogP contribution in [0, 0.1) is 6.92 Å². The first-order valence-corrected chi connectivity index (χ1v) is 11.6. The summed E-state index contributed by atoms with van der Waals surface area (Å²) in [5.41, 5.74) is 3.38. The number of aliphatic hydroxyl groups is 2. The Morgan fingerprint density at radius 3 is 2.78 bits per heavy atom. The van der Waals surface area contributed by atoms with Crippen molar-refractivity contribution in [1.29, 1.82) is 0 Å². The van der Waals surface area contributed by atoms with Crippen LogP contribution in [0.5, 0.6) is 0 Å². The molecule has 0 radical (unpaired) electrons. The highest BCUT2D eigenvalue weighted by atomic mass is 16.6. The number of aliphatic hydroxyl groups excluding tert-OH is 2. The Balaban J connectivity index is 1.55.